The van der Waals surface area contributed by atoms with Crippen LogP contribution in [0.1, 0.15) is 25.3 Å². The summed E-state index contributed by atoms with van der Waals surface area (Å²) < 4.78 is 0. The van der Waals surface area contributed by atoms with Gasteiger partial charge in [0.1, 0.15) is 0 Å². The van der Waals surface area contributed by atoms with Gasteiger partial charge >= 0.3 is 6.03 Å². The molecule has 1 aliphatic heterocycles. The number of amides is 3. The standard InChI is InChI=1S/C15H20N2O2/c1-12-8-10-17(14(18)11-12)15(19)16-9-7-13-5-3-2-4-6-13/h2-6,12H,7-11H2,1H3,(H,16,19). The predicted octanol–water partition coefficient (Wildman–Crippen LogP) is 2.20. The van der Waals surface area contributed by atoms with E-state index in [-0.39, 0.29) is 11.9 Å². The summed E-state index contributed by atoms with van der Waals surface area (Å²) in [6, 6.07) is 9.72. The lowest BCUT2D eigenvalue weighted by Gasteiger charge is -2.28. The quantitative estimate of drug-likeness (QED) is 0.905. The van der Waals surface area contributed by atoms with Crippen LogP contribution in [0.4, 0.5) is 4.79 Å². The van der Waals surface area contributed by atoms with Gasteiger partial charge < -0.3 is 5.32 Å². The SMILES string of the molecule is CC1CCN(C(=O)NCCc2ccccc2)C(=O)C1. The fourth-order valence-corrected chi connectivity index (χ4v) is 2.25. The van der Waals surface area contributed by atoms with Crippen molar-refractivity contribution in [2.45, 2.75) is 26.2 Å². The van der Waals surface area contributed by atoms with Crippen LogP contribution in [0.25, 0.3) is 0 Å². The van der Waals surface area contributed by atoms with E-state index in [9.17, 15) is 9.59 Å². The second-order valence-corrected chi connectivity index (χ2v) is 5.11. The number of carbonyl (C=O) groups is 2. The molecule has 1 aromatic rings. The Morgan fingerprint density at radius 1 is 1.37 bits per heavy atom. The number of rotatable bonds is 3. The highest BCUT2D eigenvalue weighted by Crippen LogP contribution is 2.17. The fourth-order valence-electron chi connectivity index (χ4n) is 2.25. The maximum Gasteiger partial charge on any atom is 0.324 e. The summed E-state index contributed by atoms with van der Waals surface area (Å²) in [5.41, 5.74) is 1.18. The molecule has 1 fully saturated rings. The summed E-state index contributed by atoms with van der Waals surface area (Å²) in [4.78, 5) is 25.0. The van der Waals surface area contributed by atoms with Gasteiger partial charge in [-0.15, -0.1) is 0 Å². The molecular weight excluding hydrogens is 240 g/mol. The van der Waals surface area contributed by atoms with Gasteiger partial charge in [-0.1, -0.05) is 37.3 Å². The number of nitrogens with zero attached hydrogens (tertiary/aromatic N) is 1. The van der Waals surface area contributed by atoms with E-state index >= 15 is 0 Å². The monoisotopic (exact) mass is 260 g/mol. The minimum Gasteiger partial charge on any atom is -0.337 e. The Labute approximate surface area is 113 Å². The first-order valence-electron chi connectivity index (χ1n) is 6.79. The van der Waals surface area contributed by atoms with Gasteiger partial charge in [0.2, 0.25) is 5.91 Å². The van der Waals surface area contributed by atoms with Crippen LogP contribution in [-0.2, 0) is 11.2 Å². The summed E-state index contributed by atoms with van der Waals surface area (Å²) >= 11 is 0. The predicted molar refractivity (Wildman–Crippen MR) is 73.7 cm³/mol. The smallest absolute Gasteiger partial charge is 0.324 e. The molecule has 0 aliphatic carbocycles. The number of hydrogen-bond acceptors (Lipinski definition) is 2. The number of likely N-dealkylation sites (tertiary alicyclic amines) is 1. The molecule has 1 saturated heterocycles. The number of carbonyl (C=O) groups excluding carboxylic acids is 2. The molecule has 0 saturated carbocycles. The zero-order chi connectivity index (χ0) is 13.7. The van der Waals surface area contributed by atoms with Crippen molar-refractivity contribution in [3.8, 4) is 0 Å². The zero-order valence-corrected chi connectivity index (χ0v) is 11.3. The van der Waals surface area contributed by atoms with Crippen molar-refractivity contribution in [3.63, 3.8) is 0 Å². The molecule has 1 aliphatic rings. The fraction of sp³-hybridized carbons (Fsp3) is 0.467. The molecule has 0 aromatic heterocycles. The molecular formula is C15H20N2O2. The lowest BCUT2D eigenvalue weighted by atomic mass is 9.99. The highest BCUT2D eigenvalue weighted by molar-refractivity contribution is 5.95. The average molecular weight is 260 g/mol. The van der Waals surface area contributed by atoms with Gasteiger partial charge in [-0.25, -0.2) is 4.79 Å². The van der Waals surface area contributed by atoms with Gasteiger partial charge in [-0.05, 0) is 24.3 Å². The summed E-state index contributed by atoms with van der Waals surface area (Å²) in [5.74, 6) is 0.330. The van der Waals surface area contributed by atoms with Crippen molar-refractivity contribution in [2.24, 2.45) is 5.92 Å². The minimum absolute atomic E-state index is 0.0593. The molecule has 1 atom stereocenters. The highest BCUT2D eigenvalue weighted by atomic mass is 16.2. The van der Waals surface area contributed by atoms with Crippen LogP contribution in [0, 0.1) is 5.92 Å². The van der Waals surface area contributed by atoms with Crippen LogP contribution in [-0.4, -0.2) is 29.9 Å². The number of urea groups is 1. The number of nitrogens with one attached hydrogen (secondary N) is 1. The highest BCUT2D eigenvalue weighted by Gasteiger charge is 2.27. The number of hydrogen-bond donors (Lipinski definition) is 1. The molecule has 19 heavy (non-hydrogen) atoms. The Balaban J connectivity index is 1.77. The van der Waals surface area contributed by atoms with Crippen LogP contribution >= 0.6 is 0 Å². The van der Waals surface area contributed by atoms with Gasteiger partial charge in [0.15, 0.2) is 0 Å². The van der Waals surface area contributed by atoms with E-state index in [4.69, 9.17) is 0 Å². The Hall–Kier alpha value is -1.84. The average Bonchev–Trinajstić information content (AvgIpc) is 2.39. The second-order valence-electron chi connectivity index (χ2n) is 5.11. The molecule has 4 heteroatoms. The van der Waals surface area contributed by atoms with E-state index in [0.29, 0.717) is 25.4 Å². The number of piperidine rings is 1. The zero-order valence-electron chi connectivity index (χ0n) is 11.3. The van der Waals surface area contributed by atoms with Crippen molar-refractivity contribution in [3.05, 3.63) is 35.9 Å². The maximum absolute atomic E-state index is 11.9. The molecule has 1 heterocycles. The number of benzene rings is 1. The van der Waals surface area contributed by atoms with Crippen LogP contribution in [0.15, 0.2) is 30.3 Å². The third kappa shape index (κ3) is 3.81. The van der Waals surface area contributed by atoms with Crippen LogP contribution in [0.5, 0.6) is 0 Å². The lowest BCUT2D eigenvalue weighted by Crippen LogP contribution is -2.48. The molecule has 4 nitrogen and oxygen atoms in total. The van der Waals surface area contributed by atoms with Crippen molar-refractivity contribution >= 4 is 11.9 Å². The van der Waals surface area contributed by atoms with Gasteiger partial charge in [0, 0.05) is 19.5 Å². The Bertz CT molecular complexity index is 445. The summed E-state index contributed by atoms with van der Waals surface area (Å²) in [6.07, 6.45) is 2.16. The number of imide groups is 1. The van der Waals surface area contributed by atoms with Gasteiger partial charge in [0.05, 0.1) is 0 Å². The van der Waals surface area contributed by atoms with Crippen LogP contribution < -0.4 is 5.32 Å². The first-order chi connectivity index (χ1) is 9.16. The van der Waals surface area contributed by atoms with E-state index in [2.05, 4.69) is 5.32 Å². The first kappa shape index (κ1) is 13.6. The Kier molecular flexibility index (Phi) is 4.55. The molecule has 102 valence electrons. The van der Waals surface area contributed by atoms with E-state index in [1.807, 2.05) is 37.3 Å². The van der Waals surface area contributed by atoms with Crippen LogP contribution in [0.2, 0.25) is 0 Å². The van der Waals surface area contributed by atoms with E-state index in [1.54, 1.807) is 0 Å². The van der Waals surface area contributed by atoms with E-state index in [1.165, 1.54) is 10.5 Å². The Morgan fingerprint density at radius 2 is 2.11 bits per heavy atom. The third-order valence-electron chi connectivity index (χ3n) is 3.45. The third-order valence-corrected chi connectivity index (χ3v) is 3.45. The van der Waals surface area contributed by atoms with E-state index < -0.39 is 0 Å². The van der Waals surface area contributed by atoms with Gasteiger partial charge in [0.25, 0.3) is 0 Å². The van der Waals surface area contributed by atoms with Crippen molar-refractivity contribution in [1.82, 2.24) is 10.2 Å². The minimum atomic E-state index is -0.257. The topological polar surface area (TPSA) is 49.4 Å². The second kappa shape index (κ2) is 6.36. The molecule has 1 aromatic carbocycles. The molecule has 0 spiro atoms. The normalized spacial score (nSPS) is 19.3. The van der Waals surface area contributed by atoms with E-state index in [0.717, 1.165) is 12.8 Å². The van der Waals surface area contributed by atoms with Crippen LogP contribution in [0.3, 0.4) is 0 Å². The van der Waals surface area contributed by atoms with Gasteiger partial charge in [-0.2, -0.15) is 0 Å². The van der Waals surface area contributed by atoms with Crippen molar-refractivity contribution in [1.29, 1.82) is 0 Å². The molecule has 1 N–H and O–H groups in total. The summed E-state index contributed by atoms with van der Waals surface area (Å²) in [7, 11) is 0. The van der Waals surface area contributed by atoms with Gasteiger partial charge in [-0.3, -0.25) is 9.69 Å². The molecule has 0 radical (unpaired) electrons. The summed E-state index contributed by atoms with van der Waals surface area (Å²) in [5, 5.41) is 2.81. The molecule has 2 rings (SSSR count). The Morgan fingerprint density at radius 3 is 2.79 bits per heavy atom. The summed E-state index contributed by atoms with van der Waals surface area (Å²) in [6.45, 7) is 3.14. The largest absolute Gasteiger partial charge is 0.337 e. The maximum atomic E-state index is 11.9. The lowest BCUT2D eigenvalue weighted by molar-refractivity contribution is -0.131. The molecule has 3 amide bonds. The van der Waals surface area contributed by atoms with Crippen molar-refractivity contribution in [2.75, 3.05) is 13.1 Å². The first-order valence-corrected chi connectivity index (χ1v) is 6.79. The molecule has 1 unspecified atom stereocenters. The van der Waals surface area contributed by atoms with Crippen molar-refractivity contribution < 1.29 is 9.59 Å². The molecule has 0 bridgehead atoms.